The number of carbonyl (C=O) groups excluding carboxylic acids is 1. The van der Waals surface area contributed by atoms with E-state index in [1.165, 1.54) is 5.56 Å². The van der Waals surface area contributed by atoms with Crippen LogP contribution in [0.1, 0.15) is 36.2 Å². The Labute approximate surface area is 161 Å². The third kappa shape index (κ3) is 5.24. The molecule has 1 aromatic carbocycles. The van der Waals surface area contributed by atoms with Crippen molar-refractivity contribution in [2.75, 3.05) is 20.2 Å². The topological polar surface area (TPSA) is 58.2 Å². The maximum absolute atomic E-state index is 12.6. The number of nitrogens with one attached hydrogen (secondary N) is 1. The van der Waals surface area contributed by atoms with Crippen molar-refractivity contribution >= 4 is 18.3 Å². The number of H-pyrrole nitrogens is 1. The van der Waals surface area contributed by atoms with Gasteiger partial charge in [0.1, 0.15) is 5.75 Å². The number of benzene rings is 1. The van der Waals surface area contributed by atoms with Crippen LogP contribution in [0.2, 0.25) is 0 Å². The number of carbonyl (C=O) groups is 1. The number of hydrogen-bond acceptors (Lipinski definition) is 3. The van der Waals surface area contributed by atoms with E-state index in [2.05, 4.69) is 29.0 Å². The second kappa shape index (κ2) is 9.62. The highest BCUT2D eigenvalue weighted by molar-refractivity contribution is 5.85. The van der Waals surface area contributed by atoms with Gasteiger partial charge in [-0.05, 0) is 44.7 Å². The summed E-state index contributed by atoms with van der Waals surface area (Å²) in [5, 5.41) is 0. The monoisotopic (exact) mass is 377 g/mol. The summed E-state index contributed by atoms with van der Waals surface area (Å²) in [6, 6.07) is 8.10. The van der Waals surface area contributed by atoms with Crippen LogP contribution in [0.5, 0.6) is 5.75 Å². The van der Waals surface area contributed by atoms with Gasteiger partial charge in [-0.3, -0.25) is 4.79 Å². The molecule has 0 spiro atoms. The number of rotatable bonds is 7. The highest BCUT2D eigenvalue weighted by Gasteiger charge is 2.27. The fraction of sp³-hybridized carbons (Fsp3) is 0.500. The normalized spacial score (nSPS) is 15.7. The Hall–Kier alpha value is -2.01. The summed E-state index contributed by atoms with van der Waals surface area (Å²) in [7, 11) is 1.91. The lowest BCUT2D eigenvalue weighted by atomic mass is 9.89. The third-order valence-corrected chi connectivity index (χ3v) is 4.89. The highest BCUT2D eigenvalue weighted by atomic mass is 35.5. The van der Waals surface area contributed by atoms with Crippen molar-refractivity contribution in [2.45, 2.75) is 39.0 Å². The predicted octanol–water partition coefficient (Wildman–Crippen LogP) is 3.56. The number of nitrogens with zero attached hydrogens (tertiary/aromatic N) is 2. The number of aromatic amines is 1. The molecule has 1 aromatic heterocycles. The second-order valence-electron chi connectivity index (χ2n) is 6.90. The maximum Gasteiger partial charge on any atom is 0.225 e. The molecule has 1 heterocycles. The van der Waals surface area contributed by atoms with Gasteiger partial charge in [-0.15, -0.1) is 12.4 Å². The van der Waals surface area contributed by atoms with E-state index in [-0.39, 0.29) is 24.2 Å². The SMILES string of the molecule is Cc1ccc(OCCCCN(C)C(=O)C2CCc3nc[nH]c3C2)cc1.Cl. The van der Waals surface area contributed by atoms with E-state index >= 15 is 0 Å². The van der Waals surface area contributed by atoms with E-state index in [1.807, 2.05) is 24.1 Å². The second-order valence-corrected chi connectivity index (χ2v) is 6.90. The molecule has 0 saturated carbocycles. The first kappa shape index (κ1) is 20.3. The average Bonchev–Trinajstić information content (AvgIpc) is 3.10. The zero-order valence-electron chi connectivity index (χ0n) is 15.5. The van der Waals surface area contributed by atoms with E-state index in [0.29, 0.717) is 6.61 Å². The standard InChI is InChI=1S/C20H27N3O2.ClH/c1-15-5-8-17(9-6-15)25-12-4-3-11-23(2)20(24)16-7-10-18-19(13-16)22-14-21-18;/h5-6,8-9,14,16H,3-4,7,10-13H2,1-2H3,(H,21,22);1H. The molecule has 1 amide bonds. The molecule has 1 N–H and O–H groups in total. The Kier molecular flexibility index (Phi) is 7.51. The molecule has 0 aliphatic heterocycles. The fourth-order valence-electron chi connectivity index (χ4n) is 3.31. The first-order chi connectivity index (χ1) is 12.1. The van der Waals surface area contributed by atoms with Crippen LogP contribution in [0.4, 0.5) is 0 Å². The zero-order valence-corrected chi connectivity index (χ0v) is 16.3. The summed E-state index contributed by atoms with van der Waals surface area (Å²) < 4.78 is 5.74. The van der Waals surface area contributed by atoms with Crippen molar-refractivity contribution in [3.8, 4) is 5.75 Å². The molecule has 5 nitrogen and oxygen atoms in total. The van der Waals surface area contributed by atoms with E-state index in [1.54, 1.807) is 6.33 Å². The molecule has 1 aliphatic rings. The first-order valence-electron chi connectivity index (χ1n) is 9.09. The van der Waals surface area contributed by atoms with Gasteiger partial charge in [-0.2, -0.15) is 0 Å². The number of ether oxygens (including phenoxy) is 1. The van der Waals surface area contributed by atoms with Crippen molar-refractivity contribution in [1.29, 1.82) is 0 Å². The largest absolute Gasteiger partial charge is 0.494 e. The van der Waals surface area contributed by atoms with Crippen LogP contribution >= 0.6 is 12.4 Å². The minimum atomic E-state index is 0. The lowest BCUT2D eigenvalue weighted by Crippen LogP contribution is -2.36. The Morgan fingerprint density at radius 2 is 2.08 bits per heavy atom. The molecule has 0 bridgehead atoms. The molecule has 142 valence electrons. The molecule has 6 heteroatoms. The van der Waals surface area contributed by atoms with Gasteiger partial charge in [-0.25, -0.2) is 4.98 Å². The van der Waals surface area contributed by atoms with Crippen molar-refractivity contribution < 1.29 is 9.53 Å². The minimum absolute atomic E-state index is 0. The molecule has 0 saturated heterocycles. The molecule has 2 aromatic rings. The molecule has 0 fully saturated rings. The van der Waals surface area contributed by atoms with Gasteiger partial charge in [0.2, 0.25) is 5.91 Å². The number of amides is 1. The van der Waals surface area contributed by atoms with Crippen molar-refractivity contribution in [3.05, 3.63) is 47.5 Å². The number of aromatic nitrogens is 2. The molecular formula is C20H28ClN3O2. The fourth-order valence-corrected chi connectivity index (χ4v) is 3.31. The van der Waals surface area contributed by atoms with Crippen LogP contribution in [0.3, 0.4) is 0 Å². The zero-order chi connectivity index (χ0) is 17.6. The van der Waals surface area contributed by atoms with Gasteiger partial charge in [-0.1, -0.05) is 17.7 Å². The number of aryl methyl sites for hydroxylation is 2. The van der Waals surface area contributed by atoms with Gasteiger partial charge in [0.15, 0.2) is 0 Å². The van der Waals surface area contributed by atoms with Gasteiger partial charge < -0.3 is 14.6 Å². The maximum atomic E-state index is 12.6. The smallest absolute Gasteiger partial charge is 0.225 e. The molecule has 0 radical (unpaired) electrons. The number of hydrogen-bond donors (Lipinski definition) is 1. The third-order valence-electron chi connectivity index (χ3n) is 4.89. The first-order valence-corrected chi connectivity index (χ1v) is 9.09. The Morgan fingerprint density at radius 1 is 1.31 bits per heavy atom. The van der Waals surface area contributed by atoms with E-state index in [0.717, 1.165) is 55.8 Å². The van der Waals surface area contributed by atoms with Crippen LogP contribution in [-0.4, -0.2) is 41.0 Å². The van der Waals surface area contributed by atoms with Gasteiger partial charge >= 0.3 is 0 Å². The Balaban J connectivity index is 0.00000243. The van der Waals surface area contributed by atoms with E-state index < -0.39 is 0 Å². The lowest BCUT2D eigenvalue weighted by Gasteiger charge is -2.26. The van der Waals surface area contributed by atoms with Crippen LogP contribution in [0.25, 0.3) is 0 Å². The number of imidazole rings is 1. The van der Waals surface area contributed by atoms with Crippen LogP contribution in [-0.2, 0) is 17.6 Å². The summed E-state index contributed by atoms with van der Waals surface area (Å²) in [6.07, 6.45) is 6.21. The number of halogens is 1. The number of unbranched alkanes of at least 4 members (excludes halogenated alkanes) is 1. The van der Waals surface area contributed by atoms with Crippen LogP contribution in [0.15, 0.2) is 30.6 Å². The molecular weight excluding hydrogens is 350 g/mol. The summed E-state index contributed by atoms with van der Waals surface area (Å²) in [6.45, 7) is 3.53. The summed E-state index contributed by atoms with van der Waals surface area (Å²) in [4.78, 5) is 21.9. The summed E-state index contributed by atoms with van der Waals surface area (Å²) in [5.74, 6) is 1.24. The summed E-state index contributed by atoms with van der Waals surface area (Å²) >= 11 is 0. The number of fused-ring (bicyclic) bond motifs is 1. The van der Waals surface area contributed by atoms with Crippen molar-refractivity contribution in [3.63, 3.8) is 0 Å². The van der Waals surface area contributed by atoms with Crippen LogP contribution in [0, 0.1) is 12.8 Å². The molecule has 1 atom stereocenters. The lowest BCUT2D eigenvalue weighted by molar-refractivity contribution is -0.134. The predicted molar refractivity (Wildman–Crippen MR) is 105 cm³/mol. The van der Waals surface area contributed by atoms with Gasteiger partial charge in [0.25, 0.3) is 0 Å². The van der Waals surface area contributed by atoms with Crippen LogP contribution < -0.4 is 4.74 Å². The Morgan fingerprint density at radius 3 is 2.85 bits per heavy atom. The van der Waals surface area contributed by atoms with Gasteiger partial charge in [0, 0.05) is 31.6 Å². The molecule has 1 unspecified atom stereocenters. The van der Waals surface area contributed by atoms with E-state index in [4.69, 9.17) is 4.74 Å². The molecule has 3 rings (SSSR count). The molecule has 26 heavy (non-hydrogen) atoms. The van der Waals surface area contributed by atoms with Gasteiger partial charge in [0.05, 0.1) is 18.6 Å². The quantitative estimate of drug-likeness (QED) is 0.750. The van der Waals surface area contributed by atoms with E-state index in [9.17, 15) is 4.79 Å². The Bertz CT molecular complexity index is 699. The minimum Gasteiger partial charge on any atom is -0.494 e. The summed E-state index contributed by atoms with van der Waals surface area (Å²) in [5.41, 5.74) is 3.49. The molecule has 1 aliphatic carbocycles. The van der Waals surface area contributed by atoms with Crippen molar-refractivity contribution in [2.24, 2.45) is 5.92 Å². The average molecular weight is 378 g/mol. The van der Waals surface area contributed by atoms with Crippen molar-refractivity contribution in [1.82, 2.24) is 14.9 Å². The highest BCUT2D eigenvalue weighted by Crippen LogP contribution is 2.24.